The van der Waals surface area contributed by atoms with Gasteiger partial charge in [-0.25, -0.2) is 8.42 Å². The number of ether oxygens (including phenoxy) is 1. The third-order valence-corrected chi connectivity index (χ3v) is 5.45. The molecule has 0 aliphatic rings. The van der Waals surface area contributed by atoms with Crippen LogP contribution in [0.25, 0.3) is 11.6 Å². The Kier molecular flexibility index (Phi) is 4.73. The zero-order valence-electron chi connectivity index (χ0n) is 15.0. The molecule has 2 aromatic heterocycles. The Balaban J connectivity index is 1.93. The van der Waals surface area contributed by atoms with Crippen molar-refractivity contribution in [2.24, 2.45) is 0 Å². The van der Waals surface area contributed by atoms with Crippen LogP contribution < -0.4 is 9.46 Å². The monoisotopic (exact) mass is 376 g/mol. The van der Waals surface area contributed by atoms with E-state index in [2.05, 4.69) is 19.9 Å². The summed E-state index contributed by atoms with van der Waals surface area (Å²) in [5.74, 6) is 1.34. The molecule has 2 N–H and O–H groups in total. The van der Waals surface area contributed by atoms with Gasteiger partial charge in [0, 0.05) is 23.9 Å². The number of aryl methyl sites for hydroxylation is 2. The van der Waals surface area contributed by atoms with Gasteiger partial charge in [-0.3, -0.25) is 4.72 Å². The molecule has 0 spiro atoms. The number of sulfonamides is 1. The van der Waals surface area contributed by atoms with Crippen molar-refractivity contribution in [3.63, 3.8) is 0 Å². The summed E-state index contributed by atoms with van der Waals surface area (Å²) in [7, 11) is -3.79. The van der Waals surface area contributed by atoms with Crippen LogP contribution in [-0.2, 0) is 10.0 Å². The summed E-state index contributed by atoms with van der Waals surface area (Å²) < 4.78 is 39.1. The molecular formula is C17H20N4O4S. The molecule has 0 amide bonds. The van der Waals surface area contributed by atoms with Crippen molar-refractivity contribution in [1.29, 1.82) is 0 Å². The molecule has 3 aromatic rings. The molecule has 0 aliphatic carbocycles. The van der Waals surface area contributed by atoms with Gasteiger partial charge in [0.1, 0.15) is 16.3 Å². The first-order valence-electron chi connectivity index (χ1n) is 8.07. The SMILES string of the molecule is CCOc1ccc(NS(=O)(=O)c2c(C)[nH]c(-c3nnc(C)o3)c2C)cc1. The molecule has 3 rings (SSSR count). The van der Waals surface area contributed by atoms with E-state index in [4.69, 9.17) is 9.15 Å². The maximum absolute atomic E-state index is 12.9. The van der Waals surface area contributed by atoms with Crippen LogP contribution in [0, 0.1) is 20.8 Å². The highest BCUT2D eigenvalue weighted by atomic mass is 32.2. The normalized spacial score (nSPS) is 11.5. The van der Waals surface area contributed by atoms with Gasteiger partial charge >= 0.3 is 0 Å². The Morgan fingerprint density at radius 2 is 1.85 bits per heavy atom. The van der Waals surface area contributed by atoms with Gasteiger partial charge in [0.05, 0.1) is 6.61 Å². The first-order valence-corrected chi connectivity index (χ1v) is 9.55. The number of rotatable bonds is 6. The zero-order valence-corrected chi connectivity index (χ0v) is 15.8. The van der Waals surface area contributed by atoms with Gasteiger partial charge in [-0.15, -0.1) is 10.2 Å². The Bertz CT molecular complexity index is 1020. The largest absolute Gasteiger partial charge is 0.494 e. The summed E-state index contributed by atoms with van der Waals surface area (Å²) in [6.07, 6.45) is 0. The molecule has 0 bridgehead atoms. The van der Waals surface area contributed by atoms with Crippen LogP contribution in [0.5, 0.6) is 5.75 Å². The quantitative estimate of drug-likeness (QED) is 0.684. The first-order chi connectivity index (χ1) is 12.3. The Morgan fingerprint density at radius 1 is 1.15 bits per heavy atom. The van der Waals surface area contributed by atoms with Crippen LogP contribution in [0.4, 0.5) is 5.69 Å². The first kappa shape index (κ1) is 18.0. The van der Waals surface area contributed by atoms with Crippen molar-refractivity contribution in [3.05, 3.63) is 41.4 Å². The van der Waals surface area contributed by atoms with E-state index in [0.717, 1.165) is 0 Å². The van der Waals surface area contributed by atoms with Gasteiger partial charge in [0.25, 0.3) is 15.9 Å². The maximum atomic E-state index is 12.9. The molecule has 0 radical (unpaired) electrons. The highest BCUT2D eigenvalue weighted by Gasteiger charge is 2.26. The van der Waals surface area contributed by atoms with E-state index in [1.807, 2.05) is 6.92 Å². The average molecular weight is 376 g/mol. The standard InChI is InChI=1S/C17H20N4O4S/c1-5-24-14-8-6-13(7-9-14)21-26(22,23)16-10(2)15(18-11(16)3)17-20-19-12(4)25-17/h6-9,18,21H,5H2,1-4H3. The van der Waals surface area contributed by atoms with E-state index < -0.39 is 10.0 Å². The summed E-state index contributed by atoms with van der Waals surface area (Å²) in [4.78, 5) is 3.19. The lowest BCUT2D eigenvalue weighted by molar-refractivity contribution is 0.340. The van der Waals surface area contributed by atoms with Crippen LogP contribution in [-0.4, -0.2) is 30.2 Å². The van der Waals surface area contributed by atoms with E-state index in [-0.39, 0.29) is 10.8 Å². The van der Waals surface area contributed by atoms with Crippen molar-refractivity contribution < 1.29 is 17.6 Å². The molecule has 0 atom stereocenters. The van der Waals surface area contributed by atoms with Crippen LogP contribution in [0.3, 0.4) is 0 Å². The zero-order chi connectivity index (χ0) is 18.9. The van der Waals surface area contributed by atoms with Crippen molar-refractivity contribution >= 4 is 15.7 Å². The van der Waals surface area contributed by atoms with E-state index in [1.54, 1.807) is 45.0 Å². The fourth-order valence-corrected chi connectivity index (χ4v) is 4.25. The van der Waals surface area contributed by atoms with Crippen molar-refractivity contribution in [1.82, 2.24) is 15.2 Å². The molecule has 0 unspecified atom stereocenters. The van der Waals surface area contributed by atoms with Gasteiger partial charge in [0.15, 0.2) is 0 Å². The van der Waals surface area contributed by atoms with Crippen LogP contribution in [0.15, 0.2) is 33.6 Å². The van der Waals surface area contributed by atoms with Gasteiger partial charge in [-0.1, -0.05) is 0 Å². The lowest BCUT2D eigenvalue weighted by Gasteiger charge is -2.10. The summed E-state index contributed by atoms with van der Waals surface area (Å²) in [5.41, 5.74) is 1.95. The average Bonchev–Trinajstić information content (AvgIpc) is 3.12. The second-order valence-electron chi connectivity index (χ2n) is 5.77. The molecule has 0 fully saturated rings. The Hall–Kier alpha value is -2.81. The number of nitrogens with one attached hydrogen (secondary N) is 2. The molecule has 0 aliphatic heterocycles. The van der Waals surface area contributed by atoms with Crippen LogP contribution >= 0.6 is 0 Å². The highest BCUT2D eigenvalue weighted by molar-refractivity contribution is 7.92. The maximum Gasteiger partial charge on any atom is 0.264 e. The smallest absolute Gasteiger partial charge is 0.264 e. The number of anilines is 1. The minimum atomic E-state index is -3.79. The number of benzene rings is 1. The summed E-state index contributed by atoms with van der Waals surface area (Å²) in [5, 5.41) is 7.73. The Morgan fingerprint density at radius 3 is 2.42 bits per heavy atom. The summed E-state index contributed by atoms with van der Waals surface area (Å²) >= 11 is 0. The van der Waals surface area contributed by atoms with E-state index >= 15 is 0 Å². The number of aromatic nitrogens is 3. The predicted molar refractivity (Wildman–Crippen MR) is 96.7 cm³/mol. The van der Waals surface area contributed by atoms with Crippen molar-refractivity contribution in [3.8, 4) is 17.3 Å². The molecule has 0 saturated heterocycles. The summed E-state index contributed by atoms with van der Waals surface area (Å²) in [6, 6.07) is 6.74. The molecule has 2 heterocycles. The fraction of sp³-hybridized carbons (Fsp3) is 0.294. The van der Waals surface area contributed by atoms with E-state index in [1.165, 1.54) is 0 Å². The highest BCUT2D eigenvalue weighted by Crippen LogP contribution is 2.31. The fourth-order valence-electron chi connectivity index (χ4n) is 2.74. The minimum absolute atomic E-state index is 0.164. The molecule has 8 nitrogen and oxygen atoms in total. The number of hydrogen-bond acceptors (Lipinski definition) is 6. The van der Waals surface area contributed by atoms with E-state index in [0.29, 0.717) is 40.9 Å². The van der Waals surface area contributed by atoms with Crippen molar-refractivity contribution in [2.75, 3.05) is 11.3 Å². The second kappa shape index (κ2) is 6.83. The lowest BCUT2D eigenvalue weighted by atomic mass is 10.2. The van der Waals surface area contributed by atoms with Gasteiger partial charge < -0.3 is 14.1 Å². The van der Waals surface area contributed by atoms with Gasteiger partial charge in [0.2, 0.25) is 5.89 Å². The molecule has 9 heteroatoms. The molecule has 138 valence electrons. The van der Waals surface area contributed by atoms with Crippen molar-refractivity contribution in [2.45, 2.75) is 32.6 Å². The minimum Gasteiger partial charge on any atom is -0.494 e. The lowest BCUT2D eigenvalue weighted by Crippen LogP contribution is -2.14. The van der Waals surface area contributed by atoms with Gasteiger partial charge in [-0.05, 0) is 45.0 Å². The number of nitrogens with zero attached hydrogens (tertiary/aromatic N) is 2. The summed E-state index contributed by atoms with van der Waals surface area (Å²) in [6.45, 7) is 7.49. The Labute approximate surface area is 151 Å². The molecule has 0 saturated carbocycles. The third-order valence-electron chi connectivity index (χ3n) is 3.79. The van der Waals surface area contributed by atoms with Gasteiger partial charge in [-0.2, -0.15) is 0 Å². The molecule has 26 heavy (non-hydrogen) atoms. The topological polar surface area (TPSA) is 110 Å². The molecular weight excluding hydrogens is 356 g/mol. The number of H-pyrrole nitrogens is 1. The predicted octanol–water partition coefficient (Wildman–Crippen LogP) is 3.19. The number of aromatic amines is 1. The second-order valence-corrected chi connectivity index (χ2v) is 7.39. The van der Waals surface area contributed by atoms with E-state index in [9.17, 15) is 8.42 Å². The van der Waals surface area contributed by atoms with Crippen LogP contribution in [0.1, 0.15) is 24.1 Å². The van der Waals surface area contributed by atoms with Crippen LogP contribution in [0.2, 0.25) is 0 Å². The third kappa shape index (κ3) is 3.43. The molecule has 1 aromatic carbocycles. The number of hydrogen-bond donors (Lipinski definition) is 2.